The lowest BCUT2D eigenvalue weighted by atomic mass is 10.1. The van der Waals surface area contributed by atoms with Gasteiger partial charge >= 0.3 is 0 Å². The molecular weight excluding hydrogens is 435 g/mol. The number of anilines is 1. The van der Waals surface area contributed by atoms with E-state index >= 15 is 0 Å². The molecule has 0 unspecified atom stereocenters. The van der Waals surface area contributed by atoms with Gasteiger partial charge in [-0.15, -0.1) is 0 Å². The average molecular weight is 453 g/mol. The van der Waals surface area contributed by atoms with Crippen molar-refractivity contribution < 1.29 is 4.79 Å². The molecule has 0 saturated carbocycles. The number of nitrogens with one attached hydrogen (secondary N) is 1. The molecule has 156 valence electrons. The van der Waals surface area contributed by atoms with Crippen LogP contribution in [-0.4, -0.2) is 20.3 Å². The van der Waals surface area contributed by atoms with Crippen molar-refractivity contribution in [2.24, 2.45) is 0 Å². The Morgan fingerprint density at radius 1 is 1.06 bits per heavy atom. The van der Waals surface area contributed by atoms with Gasteiger partial charge in [0, 0.05) is 11.4 Å². The van der Waals surface area contributed by atoms with Gasteiger partial charge in [0.15, 0.2) is 5.78 Å². The minimum Gasteiger partial charge on any atom is -0.361 e. The summed E-state index contributed by atoms with van der Waals surface area (Å²) in [5.41, 5.74) is 1.35. The van der Waals surface area contributed by atoms with E-state index in [0.29, 0.717) is 27.6 Å². The molecule has 8 heteroatoms. The Labute approximate surface area is 188 Å². The summed E-state index contributed by atoms with van der Waals surface area (Å²) < 4.78 is 1.61. The number of fused-ring (bicyclic) bond motifs is 1. The van der Waals surface area contributed by atoms with Crippen molar-refractivity contribution in [1.82, 2.24) is 14.5 Å². The van der Waals surface area contributed by atoms with Gasteiger partial charge in [-0.2, -0.15) is 0 Å². The second kappa shape index (κ2) is 8.49. The van der Waals surface area contributed by atoms with Crippen molar-refractivity contribution in [1.29, 1.82) is 0 Å². The highest BCUT2D eigenvalue weighted by Crippen LogP contribution is 2.28. The maximum Gasteiger partial charge on any atom is 0.264 e. The number of pyridine rings is 1. The smallest absolute Gasteiger partial charge is 0.264 e. The molecule has 0 bridgehead atoms. The fourth-order valence-electron chi connectivity index (χ4n) is 3.57. The first-order valence-corrected chi connectivity index (χ1v) is 10.3. The van der Waals surface area contributed by atoms with Crippen LogP contribution in [0.15, 0.2) is 65.7 Å². The molecular formula is C23H18Cl2N4O2. The third-order valence-corrected chi connectivity index (χ3v) is 5.59. The first-order valence-electron chi connectivity index (χ1n) is 9.56. The lowest BCUT2D eigenvalue weighted by Gasteiger charge is -2.22. The van der Waals surface area contributed by atoms with Crippen LogP contribution in [0.5, 0.6) is 0 Å². The van der Waals surface area contributed by atoms with Gasteiger partial charge in [-0.3, -0.25) is 14.2 Å². The number of Topliss-reactive ketones (excluding diaryl/α,β-unsaturated/α-hetero) is 1. The van der Waals surface area contributed by atoms with Crippen molar-refractivity contribution in [2.75, 3.05) is 5.32 Å². The van der Waals surface area contributed by atoms with E-state index in [0.717, 1.165) is 5.39 Å². The fraction of sp³-hybridized carbons (Fsp3) is 0.130. The molecule has 31 heavy (non-hydrogen) atoms. The zero-order valence-corrected chi connectivity index (χ0v) is 18.3. The molecule has 2 aromatic heterocycles. The number of rotatable bonds is 5. The molecule has 0 aliphatic carbocycles. The van der Waals surface area contributed by atoms with Gasteiger partial charge in [-0.1, -0.05) is 53.5 Å². The average Bonchev–Trinajstić information content (AvgIpc) is 2.74. The van der Waals surface area contributed by atoms with Crippen LogP contribution in [0, 0.1) is 0 Å². The first kappa shape index (κ1) is 21.0. The number of hydrogen-bond donors (Lipinski definition) is 1. The summed E-state index contributed by atoms with van der Waals surface area (Å²) in [6.45, 7) is 3.28. The predicted molar refractivity (Wildman–Crippen MR) is 124 cm³/mol. The van der Waals surface area contributed by atoms with E-state index in [1.165, 1.54) is 13.3 Å². The van der Waals surface area contributed by atoms with E-state index in [1.54, 1.807) is 16.7 Å². The molecule has 0 spiro atoms. The third kappa shape index (κ3) is 3.92. The number of para-hydroxylation sites is 1. The maximum absolute atomic E-state index is 13.5. The molecule has 6 nitrogen and oxygen atoms in total. The molecule has 2 aromatic carbocycles. The number of carbonyl (C=O) groups excluding carboxylic acids is 1. The number of hydrogen-bond acceptors (Lipinski definition) is 5. The van der Waals surface area contributed by atoms with Crippen molar-refractivity contribution in [2.45, 2.75) is 19.9 Å². The minimum absolute atomic E-state index is 0.0722. The van der Waals surface area contributed by atoms with Gasteiger partial charge in [-0.25, -0.2) is 9.97 Å². The Morgan fingerprint density at radius 3 is 2.52 bits per heavy atom. The highest BCUT2D eigenvalue weighted by molar-refractivity contribution is 6.35. The molecule has 0 saturated heterocycles. The number of aromatic nitrogens is 3. The van der Waals surface area contributed by atoms with Gasteiger partial charge in [0.2, 0.25) is 0 Å². The zero-order valence-electron chi connectivity index (χ0n) is 16.8. The second-order valence-corrected chi connectivity index (χ2v) is 7.82. The largest absolute Gasteiger partial charge is 0.361 e. The molecule has 0 aliphatic rings. The Hall–Kier alpha value is -3.22. The van der Waals surface area contributed by atoms with E-state index in [-0.39, 0.29) is 22.1 Å². The molecule has 2 heterocycles. The van der Waals surface area contributed by atoms with Crippen LogP contribution in [0.2, 0.25) is 10.2 Å². The van der Waals surface area contributed by atoms with Gasteiger partial charge in [0.05, 0.1) is 22.0 Å². The van der Waals surface area contributed by atoms with Crippen LogP contribution in [0.4, 0.5) is 5.82 Å². The van der Waals surface area contributed by atoms with Crippen LogP contribution >= 0.6 is 23.2 Å². The predicted octanol–water partition coefficient (Wildman–Crippen LogP) is 5.46. The Kier molecular flexibility index (Phi) is 5.76. The molecule has 4 rings (SSSR count). The standard InChI is InChI=1S/C23H18Cl2N4O2/c1-13(28-22-19(14(2)30)21(25)26-12-27-22)18-11-15-7-6-10-17(24)20(15)23(31)29(18)16-8-4-3-5-9-16/h3-13H,1-2H3,(H,26,27,28)/t13-/m0/s1. The Bertz CT molecular complexity index is 1350. The van der Waals surface area contributed by atoms with Crippen LogP contribution in [-0.2, 0) is 0 Å². The summed E-state index contributed by atoms with van der Waals surface area (Å²) in [6.07, 6.45) is 1.29. The van der Waals surface area contributed by atoms with E-state index < -0.39 is 6.04 Å². The van der Waals surface area contributed by atoms with E-state index in [4.69, 9.17) is 23.2 Å². The van der Waals surface area contributed by atoms with E-state index in [2.05, 4.69) is 15.3 Å². The first-order chi connectivity index (χ1) is 14.9. The van der Waals surface area contributed by atoms with Gasteiger partial charge in [0.25, 0.3) is 5.56 Å². The molecule has 0 aliphatic heterocycles. The monoisotopic (exact) mass is 452 g/mol. The molecule has 1 N–H and O–H groups in total. The maximum atomic E-state index is 13.5. The van der Waals surface area contributed by atoms with Crippen LogP contribution in [0.1, 0.15) is 35.9 Å². The molecule has 0 fully saturated rings. The Morgan fingerprint density at radius 2 is 1.81 bits per heavy atom. The normalized spacial score (nSPS) is 12.0. The number of halogens is 2. The van der Waals surface area contributed by atoms with Crippen molar-refractivity contribution >= 4 is 45.6 Å². The molecule has 0 radical (unpaired) electrons. The third-order valence-electron chi connectivity index (χ3n) is 4.99. The number of carbonyl (C=O) groups is 1. The highest BCUT2D eigenvalue weighted by Gasteiger charge is 2.21. The van der Waals surface area contributed by atoms with Gasteiger partial charge < -0.3 is 5.32 Å². The summed E-state index contributed by atoms with van der Waals surface area (Å²) >= 11 is 12.5. The van der Waals surface area contributed by atoms with Gasteiger partial charge in [0.1, 0.15) is 17.3 Å². The van der Waals surface area contributed by atoms with Crippen molar-refractivity contribution in [3.8, 4) is 5.69 Å². The Balaban J connectivity index is 1.93. The lowest BCUT2D eigenvalue weighted by Crippen LogP contribution is -2.26. The summed E-state index contributed by atoms with van der Waals surface area (Å²) in [6, 6.07) is 16.1. The quantitative estimate of drug-likeness (QED) is 0.321. The second-order valence-electron chi connectivity index (χ2n) is 7.06. The van der Waals surface area contributed by atoms with Crippen molar-refractivity contribution in [3.63, 3.8) is 0 Å². The van der Waals surface area contributed by atoms with E-state index in [9.17, 15) is 9.59 Å². The minimum atomic E-state index is -0.402. The number of nitrogens with zero attached hydrogens (tertiary/aromatic N) is 3. The molecule has 1 atom stereocenters. The SMILES string of the molecule is CC(=O)c1c(Cl)ncnc1N[C@@H](C)c1cc2cccc(Cl)c2c(=O)n1-c1ccccc1. The fourth-order valence-corrected chi connectivity index (χ4v) is 4.10. The lowest BCUT2D eigenvalue weighted by molar-refractivity contribution is 0.101. The van der Waals surface area contributed by atoms with Gasteiger partial charge in [-0.05, 0) is 43.5 Å². The zero-order chi connectivity index (χ0) is 22.1. The molecule has 0 amide bonds. The summed E-state index contributed by atoms with van der Waals surface area (Å²) in [5.74, 6) is 0.0456. The van der Waals surface area contributed by atoms with Crippen LogP contribution < -0.4 is 10.9 Å². The van der Waals surface area contributed by atoms with E-state index in [1.807, 2.05) is 49.4 Å². The number of ketones is 1. The van der Waals surface area contributed by atoms with Crippen LogP contribution in [0.25, 0.3) is 16.5 Å². The number of benzene rings is 2. The summed E-state index contributed by atoms with van der Waals surface area (Å²) in [7, 11) is 0. The topological polar surface area (TPSA) is 76.9 Å². The summed E-state index contributed by atoms with van der Waals surface area (Å²) in [4.78, 5) is 33.7. The molecule has 4 aromatic rings. The van der Waals surface area contributed by atoms with Crippen LogP contribution in [0.3, 0.4) is 0 Å². The highest BCUT2D eigenvalue weighted by atomic mass is 35.5. The van der Waals surface area contributed by atoms with Crippen molar-refractivity contribution in [3.05, 3.63) is 92.7 Å². The summed E-state index contributed by atoms with van der Waals surface area (Å²) in [5, 5.41) is 4.84.